The summed E-state index contributed by atoms with van der Waals surface area (Å²) in [5.41, 5.74) is 0.0120. The maximum atomic E-state index is 5.30. The van der Waals surface area contributed by atoms with Gasteiger partial charge in [0.2, 0.25) is 0 Å². The van der Waals surface area contributed by atoms with Crippen LogP contribution in [-0.2, 0) is 5.54 Å². The van der Waals surface area contributed by atoms with E-state index in [1.807, 2.05) is 4.80 Å². The van der Waals surface area contributed by atoms with E-state index in [1.54, 1.807) is 7.11 Å². The minimum absolute atomic E-state index is 0.0120. The fraction of sp³-hybridized carbons (Fsp3) is 0.882. The first-order valence-corrected chi connectivity index (χ1v) is 9.82. The van der Waals surface area contributed by atoms with Gasteiger partial charge >= 0.3 is 0 Å². The zero-order chi connectivity index (χ0) is 16.4. The average molecular weight is 421 g/mol. The van der Waals surface area contributed by atoms with Gasteiger partial charge in [0.25, 0.3) is 5.88 Å². The summed E-state index contributed by atoms with van der Waals surface area (Å²) in [6, 6.07) is 0. The van der Waals surface area contributed by atoms with Crippen molar-refractivity contribution in [3.05, 3.63) is 3.70 Å². The van der Waals surface area contributed by atoms with Crippen molar-refractivity contribution >= 4 is 22.6 Å². The SMILES string of the molecule is CCCCCCCC(C)(CCCCC)n1nc(I)c(OC)n1. The maximum Gasteiger partial charge on any atom is 0.267 e. The van der Waals surface area contributed by atoms with Gasteiger partial charge in [-0.05, 0) is 42.4 Å². The van der Waals surface area contributed by atoms with E-state index in [2.05, 4.69) is 53.6 Å². The summed E-state index contributed by atoms with van der Waals surface area (Å²) in [6.07, 6.45) is 12.6. The third-order valence-corrected chi connectivity index (χ3v) is 5.04. The van der Waals surface area contributed by atoms with Crippen LogP contribution in [0.15, 0.2) is 0 Å². The third kappa shape index (κ3) is 6.05. The molecule has 4 nitrogen and oxygen atoms in total. The van der Waals surface area contributed by atoms with Crippen LogP contribution in [0, 0.1) is 3.70 Å². The van der Waals surface area contributed by atoms with Crippen LogP contribution in [0.4, 0.5) is 0 Å². The molecule has 0 spiro atoms. The second kappa shape index (κ2) is 10.4. The lowest BCUT2D eigenvalue weighted by atomic mass is 9.89. The Morgan fingerprint density at radius 3 is 2.05 bits per heavy atom. The van der Waals surface area contributed by atoms with Crippen molar-refractivity contribution in [2.45, 2.75) is 90.5 Å². The molecular weight excluding hydrogens is 389 g/mol. The maximum absolute atomic E-state index is 5.30. The summed E-state index contributed by atoms with van der Waals surface area (Å²) in [6.45, 7) is 6.81. The fourth-order valence-electron chi connectivity index (χ4n) is 2.83. The van der Waals surface area contributed by atoms with Crippen LogP contribution in [-0.4, -0.2) is 22.1 Å². The monoisotopic (exact) mass is 421 g/mol. The number of hydrogen-bond donors (Lipinski definition) is 0. The molecule has 1 atom stereocenters. The van der Waals surface area contributed by atoms with Crippen molar-refractivity contribution < 1.29 is 4.74 Å². The molecule has 0 saturated carbocycles. The normalized spacial score (nSPS) is 14.0. The lowest BCUT2D eigenvalue weighted by molar-refractivity contribution is 0.197. The summed E-state index contributed by atoms with van der Waals surface area (Å²) in [4.78, 5) is 1.92. The largest absolute Gasteiger partial charge is 0.478 e. The van der Waals surface area contributed by atoms with Crippen LogP contribution >= 0.6 is 22.6 Å². The van der Waals surface area contributed by atoms with Crippen LogP contribution in [0.1, 0.15) is 85.0 Å². The molecule has 1 aromatic heterocycles. The fourth-order valence-corrected chi connectivity index (χ4v) is 3.36. The molecule has 128 valence electrons. The molecule has 0 aliphatic carbocycles. The van der Waals surface area contributed by atoms with Crippen molar-refractivity contribution in [1.82, 2.24) is 15.0 Å². The van der Waals surface area contributed by atoms with Gasteiger partial charge < -0.3 is 4.74 Å². The Bertz CT molecular complexity index is 422. The standard InChI is InChI=1S/C17H32IN3O/c1-5-7-9-10-12-14-17(3,13-11-8-6-2)21-19-15(18)16(20-21)22-4/h5-14H2,1-4H3. The predicted octanol–water partition coefficient (Wildman–Crippen LogP) is 5.55. The van der Waals surface area contributed by atoms with E-state index in [4.69, 9.17) is 4.74 Å². The smallest absolute Gasteiger partial charge is 0.267 e. The second-order valence-corrected chi connectivity index (χ2v) is 7.43. The Balaban J connectivity index is 2.71. The number of rotatable bonds is 12. The Morgan fingerprint density at radius 1 is 0.955 bits per heavy atom. The number of hydrogen-bond acceptors (Lipinski definition) is 3. The highest BCUT2D eigenvalue weighted by Gasteiger charge is 2.29. The minimum Gasteiger partial charge on any atom is -0.478 e. The molecule has 0 aliphatic rings. The van der Waals surface area contributed by atoms with Crippen molar-refractivity contribution in [3.63, 3.8) is 0 Å². The summed E-state index contributed by atoms with van der Waals surface area (Å²) in [5.74, 6) is 0.647. The van der Waals surface area contributed by atoms with Crippen LogP contribution in [0.3, 0.4) is 0 Å². The molecule has 0 aliphatic heterocycles. The highest BCUT2D eigenvalue weighted by Crippen LogP contribution is 2.30. The Labute approximate surface area is 149 Å². The molecule has 1 rings (SSSR count). The summed E-state index contributed by atoms with van der Waals surface area (Å²) < 4.78 is 6.16. The van der Waals surface area contributed by atoms with Gasteiger partial charge in [-0.1, -0.05) is 65.2 Å². The number of ether oxygens (including phenoxy) is 1. The van der Waals surface area contributed by atoms with Crippen LogP contribution < -0.4 is 4.74 Å². The number of nitrogens with zero attached hydrogens (tertiary/aromatic N) is 3. The quantitative estimate of drug-likeness (QED) is 0.328. The molecule has 0 saturated heterocycles. The van der Waals surface area contributed by atoms with Gasteiger partial charge in [0.15, 0.2) is 3.70 Å². The first-order valence-electron chi connectivity index (χ1n) is 8.74. The highest BCUT2D eigenvalue weighted by molar-refractivity contribution is 14.1. The van der Waals surface area contributed by atoms with Gasteiger partial charge in [0, 0.05) is 0 Å². The van der Waals surface area contributed by atoms with Gasteiger partial charge in [-0.3, -0.25) is 0 Å². The summed E-state index contributed by atoms with van der Waals surface area (Å²) in [5, 5.41) is 9.18. The van der Waals surface area contributed by atoms with E-state index in [0.29, 0.717) is 5.88 Å². The van der Waals surface area contributed by atoms with Crippen LogP contribution in [0.2, 0.25) is 0 Å². The topological polar surface area (TPSA) is 39.9 Å². The van der Waals surface area contributed by atoms with E-state index in [1.165, 1.54) is 51.4 Å². The molecule has 1 heterocycles. The molecule has 0 aromatic carbocycles. The van der Waals surface area contributed by atoms with Gasteiger partial charge in [-0.25, -0.2) is 0 Å². The molecular formula is C17H32IN3O. The lowest BCUT2D eigenvalue weighted by Crippen LogP contribution is -2.32. The molecule has 0 N–H and O–H groups in total. The molecule has 0 bridgehead atoms. The second-order valence-electron chi connectivity index (χ2n) is 6.41. The third-order valence-electron chi connectivity index (χ3n) is 4.36. The van der Waals surface area contributed by atoms with E-state index < -0.39 is 0 Å². The van der Waals surface area contributed by atoms with E-state index >= 15 is 0 Å². The zero-order valence-electron chi connectivity index (χ0n) is 14.7. The number of unbranched alkanes of at least 4 members (excludes halogenated alkanes) is 6. The zero-order valence-corrected chi connectivity index (χ0v) is 16.9. The minimum atomic E-state index is 0.0120. The van der Waals surface area contributed by atoms with Crippen LogP contribution in [0.5, 0.6) is 5.88 Å². The molecule has 22 heavy (non-hydrogen) atoms. The summed E-state index contributed by atoms with van der Waals surface area (Å²) in [7, 11) is 1.66. The first-order chi connectivity index (χ1) is 10.6. The lowest BCUT2D eigenvalue weighted by Gasteiger charge is -2.29. The van der Waals surface area contributed by atoms with Crippen molar-refractivity contribution in [1.29, 1.82) is 0 Å². The number of halogens is 1. The highest BCUT2D eigenvalue weighted by atomic mass is 127. The van der Waals surface area contributed by atoms with E-state index in [-0.39, 0.29) is 5.54 Å². The Hall–Kier alpha value is -0.330. The number of aromatic nitrogens is 3. The van der Waals surface area contributed by atoms with Crippen molar-refractivity contribution in [2.24, 2.45) is 0 Å². The van der Waals surface area contributed by atoms with Gasteiger partial charge in [-0.2, -0.15) is 4.80 Å². The van der Waals surface area contributed by atoms with Crippen LogP contribution in [0.25, 0.3) is 0 Å². The van der Waals surface area contributed by atoms with Gasteiger partial charge in [0.1, 0.15) is 0 Å². The predicted molar refractivity (Wildman–Crippen MR) is 100 cm³/mol. The number of methoxy groups -OCH3 is 1. The van der Waals surface area contributed by atoms with Gasteiger partial charge in [0.05, 0.1) is 12.6 Å². The summed E-state index contributed by atoms with van der Waals surface area (Å²) >= 11 is 2.20. The molecule has 5 heteroatoms. The van der Waals surface area contributed by atoms with E-state index in [0.717, 1.165) is 16.5 Å². The Morgan fingerprint density at radius 2 is 1.50 bits per heavy atom. The first kappa shape index (κ1) is 19.7. The molecule has 1 aromatic rings. The van der Waals surface area contributed by atoms with Crippen molar-refractivity contribution in [2.75, 3.05) is 7.11 Å². The average Bonchev–Trinajstić information content (AvgIpc) is 2.89. The molecule has 1 unspecified atom stereocenters. The van der Waals surface area contributed by atoms with Crippen molar-refractivity contribution in [3.8, 4) is 5.88 Å². The van der Waals surface area contributed by atoms with Gasteiger partial charge in [-0.15, -0.1) is 10.2 Å². The molecule has 0 radical (unpaired) electrons. The molecule has 0 amide bonds. The van der Waals surface area contributed by atoms with E-state index in [9.17, 15) is 0 Å². The Kier molecular flexibility index (Phi) is 9.36. The molecule has 0 fully saturated rings.